The Hall–Kier alpha value is -0.200. The summed E-state index contributed by atoms with van der Waals surface area (Å²) in [6.45, 7) is 8.60. The van der Waals surface area contributed by atoms with Gasteiger partial charge in [0.15, 0.2) is 0 Å². The lowest BCUT2D eigenvalue weighted by Gasteiger charge is -2.46. The Balaban J connectivity index is 1.80. The Bertz CT molecular complexity index is 292. The molecule has 1 saturated heterocycles. The predicted molar refractivity (Wildman–Crippen MR) is 81.6 cm³/mol. The molecule has 5 unspecified atom stereocenters. The second-order valence-electron chi connectivity index (χ2n) is 6.25. The van der Waals surface area contributed by atoms with Crippen molar-refractivity contribution < 1.29 is 18.9 Å². The highest BCUT2D eigenvalue weighted by Gasteiger charge is 2.44. The monoisotopic (exact) mass is 301 g/mol. The van der Waals surface area contributed by atoms with Crippen LogP contribution in [0.1, 0.15) is 40.0 Å². The van der Waals surface area contributed by atoms with E-state index in [4.69, 9.17) is 18.9 Å². The predicted octanol–water partition coefficient (Wildman–Crippen LogP) is 1.74. The van der Waals surface area contributed by atoms with E-state index in [1.165, 1.54) is 0 Å². The van der Waals surface area contributed by atoms with E-state index in [1.54, 1.807) is 7.11 Å². The van der Waals surface area contributed by atoms with Crippen LogP contribution in [-0.2, 0) is 18.9 Å². The van der Waals surface area contributed by atoms with E-state index in [0.29, 0.717) is 25.4 Å². The lowest BCUT2D eigenvalue weighted by Crippen LogP contribution is -2.61. The van der Waals surface area contributed by atoms with Crippen molar-refractivity contribution in [3.05, 3.63) is 0 Å². The minimum absolute atomic E-state index is 0.147. The van der Waals surface area contributed by atoms with Crippen molar-refractivity contribution in [3.63, 3.8) is 0 Å². The van der Waals surface area contributed by atoms with Crippen molar-refractivity contribution in [2.24, 2.45) is 0 Å². The minimum atomic E-state index is 0.147. The quantitative estimate of drug-likeness (QED) is 0.692. The van der Waals surface area contributed by atoms with E-state index in [-0.39, 0.29) is 24.4 Å². The zero-order valence-corrected chi connectivity index (χ0v) is 13.8. The Morgan fingerprint density at radius 1 is 1.10 bits per heavy atom. The molecular formula is C16H31NO4. The van der Waals surface area contributed by atoms with Crippen molar-refractivity contribution in [3.8, 4) is 0 Å². The van der Waals surface area contributed by atoms with Crippen molar-refractivity contribution in [1.82, 2.24) is 5.32 Å². The Labute approximate surface area is 128 Å². The smallest absolute Gasteiger partial charge is 0.0991 e. The molecule has 1 aliphatic heterocycles. The Morgan fingerprint density at radius 2 is 1.81 bits per heavy atom. The van der Waals surface area contributed by atoms with Crippen molar-refractivity contribution in [2.75, 3.05) is 26.9 Å². The van der Waals surface area contributed by atoms with E-state index >= 15 is 0 Å². The molecule has 0 radical (unpaired) electrons. The Morgan fingerprint density at radius 3 is 2.43 bits per heavy atom. The van der Waals surface area contributed by atoms with Crippen LogP contribution < -0.4 is 5.32 Å². The Kier molecular flexibility index (Phi) is 6.89. The summed E-state index contributed by atoms with van der Waals surface area (Å²) in [4.78, 5) is 0. The van der Waals surface area contributed by atoms with Crippen LogP contribution in [0, 0.1) is 0 Å². The molecule has 0 aromatic rings. The highest BCUT2D eigenvalue weighted by Crippen LogP contribution is 2.32. The van der Waals surface area contributed by atoms with Gasteiger partial charge in [0.05, 0.1) is 43.7 Å². The molecule has 1 aliphatic carbocycles. The molecule has 2 fully saturated rings. The average Bonchev–Trinajstić information content (AvgIpc) is 2.41. The number of methoxy groups -OCH3 is 1. The van der Waals surface area contributed by atoms with E-state index in [9.17, 15) is 0 Å². The van der Waals surface area contributed by atoms with Crippen molar-refractivity contribution in [2.45, 2.75) is 76.6 Å². The number of likely N-dealkylation sites (N-methyl/N-ethyl adjacent to an activating group) is 1. The fraction of sp³-hybridized carbons (Fsp3) is 1.00. The molecule has 21 heavy (non-hydrogen) atoms. The van der Waals surface area contributed by atoms with Gasteiger partial charge in [0.2, 0.25) is 0 Å². The van der Waals surface area contributed by atoms with E-state index < -0.39 is 0 Å². The van der Waals surface area contributed by atoms with Gasteiger partial charge in [-0.15, -0.1) is 0 Å². The molecule has 0 aromatic carbocycles. The van der Waals surface area contributed by atoms with E-state index in [2.05, 4.69) is 26.1 Å². The van der Waals surface area contributed by atoms with Crippen LogP contribution in [-0.4, -0.2) is 63.4 Å². The average molecular weight is 301 g/mol. The van der Waals surface area contributed by atoms with Crippen molar-refractivity contribution >= 4 is 0 Å². The molecule has 1 N–H and O–H groups in total. The first-order valence-corrected chi connectivity index (χ1v) is 8.28. The maximum Gasteiger partial charge on any atom is 0.0991 e. The SMILES string of the molecule is CCNC1CC(OC2CC(C)OC(C)C2)C1OCCOC. The summed E-state index contributed by atoms with van der Waals surface area (Å²) in [7, 11) is 1.70. The first-order valence-electron chi connectivity index (χ1n) is 8.28. The summed E-state index contributed by atoms with van der Waals surface area (Å²) in [6, 6.07) is 0.409. The van der Waals surface area contributed by atoms with Gasteiger partial charge in [0.1, 0.15) is 0 Å². The van der Waals surface area contributed by atoms with Gasteiger partial charge in [-0.25, -0.2) is 0 Å². The molecule has 0 amide bonds. The minimum Gasteiger partial charge on any atom is -0.382 e. The highest BCUT2D eigenvalue weighted by atomic mass is 16.6. The first kappa shape index (κ1) is 17.2. The number of nitrogens with one attached hydrogen (secondary N) is 1. The molecule has 0 aromatic heterocycles. The molecule has 5 nitrogen and oxygen atoms in total. The maximum atomic E-state index is 6.30. The highest BCUT2D eigenvalue weighted by molar-refractivity contribution is 4.98. The topological polar surface area (TPSA) is 49.0 Å². The van der Waals surface area contributed by atoms with Gasteiger partial charge in [-0.2, -0.15) is 0 Å². The van der Waals surface area contributed by atoms with Crippen molar-refractivity contribution in [1.29, 1.82) is 0 Å². The molecule has 0 spiro atoms. The summed E-state index contributed by atoms with van der Waals surface area (Å²) in [6.07, 6.45) is 4.22. The van der Waals surface area contributed by atoms with Gasteiger partial charge in [-0.1, -0.05) is 6.92 Å². The third kappa shape index (κ3) is 4.89. The van der Waals surface area contributed by atoms with Crippen LogP contribution in [0.2, 0.25) is 0 Å². The molecule has 1 saturated carbocycles. The summed E-state index contributed by atoms with van der Waals surface area (Å²) in [5.74, 6) is 0. The lowest BCUT2D eigenvalue weighted by molar-refractivity contribution is -0.195. The third-order valence-corrected chi connectivity index (χ3v) is 4.33. The van der Waals surface area contributed by atoms with Gasteiger partial charge in [-0.3, -0.25) is 0 Å². The van der Waals surface area contributed by atoms with Crippen LogP contribution in [0.15, 0.2) is 0 Å². The van der Waals surface area contributed by atoms with Gasteiger partial charge < -0.3 is 24.3 Å². The van der Waals surface area contributed by atoms with E-state index in [0.717, 1.165) is 25.8 Å². The van der Waals surface area contributed by atoms with Gasteiger partial charge in [0.25, 0.3) is 0 Å². The van der Waals surface area contributed by atoms with Crippen LogP contribution in [0.3, 0.4) is 0 Å². The van der Waals surface area contributed by atoms with Gasteiger partial charge in [0, 0.05) is 13.2 Å². The standard InChI is InChI=1S/C16H31NO4/c1-5-17-14-10-15(16(14)19-7-6-18-4)21-13-8-11(2)20-12(3)9-13/h11-17H,5-10H2,1-4H3. The van der Waals surface area contributed by atoms with Crippen LogP contribution >= 0.6 is 0 Å². The summed E-state index contributed by atoms with van der Waals surface area (Å²) >= 11 is 0. The maximum absolute atomic E-state index is 6.30. The largest absolute Gasteiger partial charge is 0.382 e. The molecule has 5 heteroatoms. The summed E-state index contributed by atoms with van der Waals surface area (Å²) < 4.78 is 23.1. The second-order valence-corrected chi connectivity index (χ2v) is 6.25. The zero-order chi connectivity index (χ0) is 15.2. The second kappa shape index (κ2) is 8.44. The third-order valence-electron chi connectivity index (χ3n) is 4.33. The van der Waals surface area contributed by atoms with Gasteiger partial charge >= 0.3 is 0 Å². The number of hydrogen-bond donors (Lipinski definition) is 1. The first-order chi connectivity index (χ1) is 10.1. The van der Waals surface area contributed by atoms with Crippen LogP contribution in [0.4, 0.5) is 0 Å². The van der Waals surface area contributed by atoms with Crippen LogP contribution in [0.5, 0.6) is 0 Å². The van der Waals surface area contributed by atoms with E-state index in [1.807, 2.05) is 0 Å². The normalized spacial score (nSPS) is 40.0. The number of rotatable bonds is 8. The molecule has 2 aliphatic rings. The fourth-order valence-electron chi connectivity index (χ4n) is 3.37. The molecular weight excluding hydrogens is 270 g/mol. The number of ether oxygens (including phenoxy) is 4. The number of hydrogen-bond acceptors (Lipinski definition) is 5. The molecule has 5 atom stereocenters. The zero-order valence-electron chi connectivity index (χ0n) is 13.8. The summed E-state index contributed by atoms with van der Waals surface area (Å²) in [5.41, 5.74) is 0. The molecule has 2 rings (SSSR count). The molecule has 1 heterocycles. The fourth-order valence-corrected chi connectivity index (χ4v) is 3.37. The lowest BCUT2D eigenvalue weighted by atomic mass is 9.84. The summed E-state index contributed by atoms with van der Waals surface area (Å²) in [5, 5.41) is 3.47. The van der Waals surface area contributed by atoms with Crippen LogP contribution in [0.25, 0.3) is 0 Å². The van der Waals surface area contributed by atoms with Gasteiger partial charge in [-0.05, 0) is 39.7 Å². The molecule has 0 bridgehead atoms. The molecule has 124 valence electrons.